The summed E-state index contributed by atoms with van der Waals surface area (Å²) in [6, 6.07) is 4.66. The van der Waals surface area contributed by atoms with E-state index in [1.807, 2.05) is 28.3 Å². The lowest BCUT2D eigenvalue weighted by atomic mass is 9.79. The maximum absolute atomic E-state index is 6.46. The predicted molar refractivity (Wildman–Crippen MR) is 115 cm³/mol. The van der Waals surface area contributed by atoms with Crippen LogP contribution in [0.5, 0.6) is 0 Å². The van der Waals surface area contributed by atoms with E-state index in [0.717, 1.165) is 56.9 Å². The summed E-state index contributed by atoms with van der Waals surface area (Å²) in [5, 5.41) is 8.65. The molecule has 3 aromatic heterocycles. The number of nitrogens with zero attached hydrogens (tertiary/aromatic N) is 6. The lowest BCUT2D eigenvalue weighted by molar-refractivity contribution is -0.112. The molecule has 0 unspecified atom stereocenters. The second-order valence-electron chi connectivity index (χ2n) is 8.34. The molecule has 0 radical (unpaired) electrons. The Bertz CT molecular complexity index is 1000. The van der Waals surface area contributed by atoms with Gasteiger partial charge >= 0.3 is 0 Å². The summed E-state index contributed by atoms with van der Waals surface area (Å²) in [5.41, 5.74) is 2.36. The van der Waals surface area contributed by atoms with Crippen LogP contribution in [0.1, 0.15) is 53.5 Å². The van der Waals surface area contributed by atoms with Crippen LogP contribution < -0.4 is 0 Å². The van der Waals surface area contributed by atoms with E-state index in [-0.39, 0.29) is 5.60 Å². The van der Waals surface area contributed by atoms with Crippen LogP contribution in [0.2, 0.25) is 0 Å². The minimum atomic E-state index is -0.102. The molecule has 0 saturated carbocycles. The fraction of sp³-hybridized carbons (Fsp3) is 0.545. The van der Waals surface area contributed by atoms with Crippen molar-refractivity contribution < 1.29 is 4.74 Å². The quantitative estimate of drug-likeness (QED) is 0.627. The van der Waals surface area contributed by atoms with Gasteiger partial charge in [0.05, 0.1) is 24.1 Å². The largest absolute Gasteiger partial charge is 0.370 e. The van der Waals surface area contributed by atoms with Crippen LogP contribution in [-0.2, 0) is 36.3 Å². The molecule has 0 amide bonds. The highest BCUT2D eigenvalue weighted by atomic mass is 32.1. The van der Waals surface area contributed by atoms with Gasteiger partial charge in [0.25, 0.3) is 0 Å². The van der Waals surface area contributed by atoms with Crippen molar-refractivity contribution in [1.29, 1.82) is 0 Å². The fourth-order valence-electron chi connectivity index (χ4n) is 4.76. The average Bonchev–Trinajstić information content (AvgIpc) is 3.38. The molecule has 3 aromatic rings. The molecular formula is C22H28N6OS. The van der Waals surface area contributed by atoms with Crippen molar-refractivity contribution >= 4 is 11.3 Å². The van der Waals surface area contributed by atoms with Crippen LogP contribution in [0.15, 0.2) is 30.7 Å². The number of rotatable bonds is 5. The Labute approximate surface area is 181 Å². The van der Waals surface area contributed by atoms with E-state index in [1.165, 1.54) is 10.4 Å². The number of fused-ring (bicyclic) bond motifs is 2. The molecule has 0 N–H and O–H groups in total. The Morgan fingerprint density at radius 2 is 2.13 bits per heavy atom. The van der Waals surface area contributed by atoms with Crippen molar-refractivity contribution in [1.82, 2.24) is 29.9 Å². The summed E-state index contributed by atoms with van der Waals surface area (Å²) in [7, 11) is 0. The monoisotopic (exact) mass is 424 g/mol. The Morgan fingerprint density at radius 3 is 2.93 bits per heavy atom. The zero-order chi connectivity index (χ0) is 20.6. The van der Waals surface area contributed by atoms with Gasteiger partial charge in [-0.2, -0.15) is 0 Å². The maximum Gasteiger partial charge on any atom is 0.149 e. The Kier molecular flexibility index (Phi) is 5.39. The number of hydrogen-bond acceptors (Lipinski definition) is 7. The zero-order valence-corrected chi connectivity index (χ0v) is 18.4. The number of piperidine rings is 1. The zero-order valence-electron chi connectivity index (χ0n) is 17.6. The van der Waals surface area contributed by atoms with Crippen LogP contribution in [0.3, 0.4) is 0 Å². The molecule has 0 aromatic carbocycles. The van der Waals surface area contributed by atoms with Crippen molar-refractivity contribution in [3.05, 3.63) is 57.6 Å². The second kappa shape index (κ2) is 8.17. The second-order valence-corrected chi connectivity index (χ2v) is 9.56. The summed E-state index contributed by atoms with van der Waals surface area (Å²) in [5.74, 6) is 0.745. The van der Waals surface area contributed by atoms with Gasteiger partial charge in [-0.25, -0.2) is 14.6 Å². The van der Waals surface area contributed by atoms with Crippen molar-refractivity contribution in [3.8, 4) is 0 Å². The maximum atomic E-state index is 6.46. The van der Waals surface area contributed by atoms with E-state index < -0.39 is 0 Å². The molecular weight excluding hydrogens is 396 g/mol. The highest BCUT2D eigenvalue weighted by Crippen LogP contribution is 2.46. The van der Waals surface area contributed by atoms with Crippen molar-refractivity contribution in [3.63, 3.8) is 0 Å². The first kappa shape index (κ1) is 19.8. The molecule has 7 nitrogen and oxygen atoms in total. The number of thiophene rings is 1. The Balaban J connectivity index is 1.26. The Morgan fingerprint density at radius 1 is 1.27 bits per heavy atom. The van der Waals surface area contributed by atoms with Crippen LogP contribution in [0.4, 0.5) is 0 Å². The molecule has 30 heavy (non-hydrogen) atoms. The number of aromatic nitrogens is 5. The van der Waals surface area contributed by atoms with Crippen molar-refractivity contribution in [2.45, 2.75) is 64.3 Å². The number of ether oxygens (including phenoxy) is 1. The normalized spacial score (nSPS) is 24.3. The lowest BCUT2D eigenvalue weighted by Crippen LogP contribution is -2.50. The third kappa shape index (κ3) is 3.79. The molecule has 1 spiro atoms. The van der Waals surface area contributed by atoms with Crippen LogP contribution in [0, 0.1) is 0 Å². The van der Waals surface area contributed by atoms with Gasteiger partial charge in [-0.3, -0.25) is 4.90 Å². The molecule has 2 aliphatic rings. The summed E-state index contributed by atoms with van der Waals surface area (Å²) < 4.78 is 8.28. The summed E-state index contributed by atoms with van der Waals surface area (Å²) in [6.07, 6.45) is 9.76. The molecule has 0 aliphatic carbocycles. The lowest BCUT2D eigenvalue weighted by Gasteiger charge is -2.47. The molecule has 2 atom stereocenters. The van der Waals surface area contributed by atoms with Crippen LogP contribution >= 0.6 is 11.3 Å². The van der Waals surface area contributed by atoms with Gasteiger partial charge in [0.1, 0.15) is 12.4 Å². The predicted octanol–water partition coefficient (Wildman–Crippen LogP) is 3.19. The minimum absolute atomic E-state index is 0.102. The minimum Gasteiger partial charge on any atom is -0.370 e. The van der Waals surface area contributed by atoms with Gasteiger partial charge in [0, 0.05) is 47.7 Å². The molecule has 1 fully saturated rings. The van der Waals surface area contributed by atoms with Gasteiger partial charge in [0.2, 0.25) is 0 Å². The SMILES string of the molecule is CCc1cc2c(s1)CCO[C@@]21CCN(Cc2cn(Cc3ncccn3)nn2)[C@@H](C)C1. The summed E-state index contributed by atoms with van der Waals surface area (Å²) in [6.45, 7) is 7.76. The highest BCUT2D eigenvalue weighted by molar-refractivity contribution is 7.12. The summed E-state index contributed by atoms with van der Waals surface area (Å²) >= 11 is 1.99. The van der Waals surface area contributed by atoms with E-state index in [4.69, 9.17) is 4.74 Å². The van der Waals surface area contributed by atoms with Gasteiger partial charge in [-0.15, -0.1) is 16.4 Å². The molecule has 0 bridgehead atoms. The van der Waals surface area contributed by atoms with Crippen LogP contribution in [-0.4, -0.2) is 49.1 Å². The third-order valence-electron chi connectivity index (χ3n) is 6.33. The highest BCUT2D eigenvalue weighted by Gasteiger charge is 2.44. The molecule has 158 valence electrons. The number of aryl methyl sites for hydroxylation is 1. The topological polar surface area (TPSA) is 69.0 Å². The number of likely N-dealkylation sites (tertiary alicyclic amines) is 1. The van der Waals surface area contributed by atoms with Gasteiger partial charge in [0.15, 0.2) is 0 Å². The van der Waals surface area contributed by atoms with E-state index in [1.54, 1.807) is 17.3 Å². The first-order valence-corrected chi connectivity index (χ1v) is 11.6. The first-order valence-electron chi connectivity index (χ1n) is 10.8. The molecule has 2 aliphatic heterocycles. The third-order valence-corrected chi connectivity index (χ3v) is 7.67. The molecule has 5 heterocycles. The smallest absolute Gasteiger partial charge is 0.149 e. The average molecular weight is 425 g/mol. The van der Waals surface area contributed by atoms with Gasteiger partial charge < -0.3 is 4.74 Å². The molecule has 1 saturated heterocycles. The fourth-order valence-corrected chi connectivity index (χ4v) is 5.94. The van der Waals surface area contributed by atoms with Crippen LogP contribution in [0.25, 0.3) is 0 Å². The molecule has 5 rings (SSSR count). The number of hydrogen-bond donors (Lipinski definition) is 0. The van der Waals surface area contributed by atoms with E-state index in [9.17, 15) is 0 Å². The van der Waals surface area contributed by atoms with Crippen molar-refractivity contribution in [2.75, 3.05) is 13.2 Å². The molecule has 8 heteroatoms. The van der Waals surface area contributed by atoms with E-state index in [2.05, 4.69) is 45.1 Å². The Hall–Kier alpha value is -2.16. The van der Waals surface area contributed by atoms with E-state index >= 15 is 0 Å². The van der Waals surface area contributed by atoms with Gasteiger partial charge in [-0.05, 0) is 43.9 Å². The van der Waals surface area contributed by atoms with Crippen molar-refractivity contribution in [2.24, 2.45) is 0 Å². The van der Waals surface area contributed by atoms with Gasteiger partial charge in [-0.1, -0.05) is 12.1 Å². The van der Waals surface area contributed by atoms with E-state index in [0.29, 0.717) is 12.6 Å². The first-order chi connectivity index (χ1) is 14.6. The standard InChI is InChI=1S/C22H28N6OS/c1-3-18-11-19-20(30-18)5-10-29-22(19)6-9-27(16(2)12-22)13-17-14-28(26-25-17)15-21-23-7-4-8-24-21/h4,7-8,11,14,16H,3,5-6,9-10,12-13,15H2,1-2H3/t16-,22+/m0/s1. The summed E-state index contributed by atoms with van der Waals surface area (Å²) in [4.78, 5) is 14.1.